The van der Waals surface area contributed by atoms with Gasteiger partial charge in [0.05, 0.1) is 34.0 Å². The van der Waals surface area contributed by atoms with Gasteiger partial charge in [0.2, 0.25) is 0 Å². The number of hydrogen-bond donors (Lipinski definition) is 0. The number of hydrogen-bond acceptors (Lipinski definition) is 8. The monoisotopic (exact) mass is 569 g/mol. The molecule has 4 aromatic rings. The summed E-state index contributed by atoms with van der Waals surface area (Å²) in [7, 11) is 0. The van der Waals surface area contributed by atoms with Crippen LogP contribution in [0.3, 0.4) is 0 Å². The zero-order valence-corrected chi connectivity index (χ0v) is 23.8. The summed E-state index contributed by atoms with van der Waals surface area (Å²) in [5, 5.41) is 11.2. The van der Waals surface area contributed by atoms with Crippen molar-refractivity contribution in [2.75, 3.05) is 6.61 Å². The smallest absolute Gasteiger partial charge is 0.338 e. The number of fused-ring (bicyclic) bond motifs is 1. The maximum atomic E-state index is 13.8. The van der Waals surface area contributed by atoms with Crippen molar-refractivity contribution in [3.05, 3.63) is 119 Å². The van der Waals surface area contributed by atoms with Gasteiger partial charge >= 0.3 is 5.97 Å². The van der Waals surface area contributed by atoms with Gasteiger partial charge in [0.25, 0.3) is 5.56 Å². The average molecular weight is 570 g/mol. The van der Waals surface area contributed by atoms with E-state index in [9.17, 15) is 14.9 Å². The predicted octanol–water partition coefficient (Wildman–Crippen LogP) is 5.09. The number of nitriles is 1. The van der Waals surface area contributed by atoms with E-state index < -0.39 is 12.0 Å². The Hall–Kier alpha value is -4.26. The summed E-state index contributed by atoms with van der Waals surface area (Å²) in [6, 6.07) is 20.2. The molecule has 0 bridgehead atoms. The van der Waals surface area contributed by atoms with E-state index in [-0.39, 0.29) is 18.8 Å². The van der Waals surface area contributed by atoms with Gasteiger partial charge in [-0.05, 0) is 54.6 Å². The number of thiophene rings is 1. The lowest BCUT2D eigenvalue weighted by Gasteiger charge is -2.24. The van der Waals surface area contributed by atoms with Crippen LogP contribution in [0.25, 0.3) is 6.08 Å². The molecule has 1 aliphatic rings. The van der Waals surface area contributed by atoms with Gasteiger partial charge in [-0.25, -0.2) is 9.79 Å². The van der Waals surface area contributed by atoms with Crippen molar-refractivity contribution in [1.82, 2.24) is 4.57 Å². The number of benzene rings is 2. The first kappa shape index (κ1) is 27.3. The van der Waals surface area contributed by atoms with Gasteiger partial charge < -0.3 is 9.47 Å². The molecule has 7 nitrogen and oxygen atoms in total. The zero-order valence-electron chi connectivity index (χ0n) is 22.1. The number of rotatable bonds is 9. The number of ether oxygens (including phenoxy) is 2. The molecule has 0 unspecified atom stereocenters. The molecule has 2 aromatic heterocycles. The SMILES string of the molecule is CCCC1=C(C(=O)OCC)[C@@H](c2cccs2)n2c(s/c(=C/c3ccc(OCc4ccccc4C#N)cc3)c2=O)=N1. The highest BCUT2D eigenvalue weighted by Gasteiger charge is 2.34. The van der Waals surface area contributed by atoms with Gasteiger partial charge in [0.15, 0.2) is 4.80 Å². The molecule has 202 valence electrons. The first-order valence-electron chi connectivity index (χ1n) is 13.0. The summed E-state index contributed by atoms with van der Waals surface area (Å²) in [5.74, 6) is 0.225. The van der Waals surface area contributed by atoms with Crippen LogP contribution in [0.2, 0.25) is 0 Å². The Balaban J connectivity index is 1.49. The van der Waals surface area contributed by atoms with Crippen LogP contribution >= 0.6 is 22.7 Å². The van der Waals surface area contributed by atoms with E-state index in [0.29, 0.717) is 38.3 Å². The molecule has 0 spiro atoms. The number of nitrogens with zero attached hydrogens (tertiary/aromatic N) is 3. The van der Waals surface area contributed by atoms with E-state index in [2.05, 4.69) is 6.07 Å². The summed E-state index contributed by atoms with van der Waals surface area (Å²) >= 11 is 2.82. The third kappa shape index (κ3) is 5.55. The number of thiazole rings is 1. The van der Waals surface area contributed by atoms with Crippen LogP contribution in [0, 0.1) is 11.3 Å². The van der Waals surface area contributed by atoms with Crippen molar-refractivity contribution < 1.29 is 14.3 Å². The number of carbonyl (C=O) groups is 1. The maximum absolute atomic E-state index is 13.8. The summed E-state index contributed by atoms with van der Waals surface area (Å²) in [6.07, 6.45) is 3.25. The van der Waals surface area contributed by atoms with Crippen molar-refractivity contribution >= 4 is 34.7 Å². The molecule has 9 heteroatoms. The molecule has 0 fully saturated rings. The molecular weight excluding hydrogens is 542 g/mol. The predicted molar refractivity (Wildman–Crippen MR) is 156 cm³/mol. The van der Waals surface area contributed by atoms with E-state index in [4.69, 9.17) is 14.5 Å². The van der Waals surface area contributed by atoms with Crippen molar-refractivity contribution in [2.24, 2.45) is 4.99 Å². The largest absolute Gasteiger partial charge is 0.489 e. The van der Waals surface area contributed by atoms with Crippen molar-refractivity contribution in [2.45, 2.75) is 39.3 Å². The van der Waals surface area contributed by atoms with Crippen molar-refractivity contribution in [3.8, 4) is 11.8 Å². The molecular formula is C31H27N3O4S2. The highest BCUT2D eigenvalue weighted by atomic mass is 32.1. The normalized spacial score (nSPS) is 14.8. The Kier molecular flexibility index (Phi) is 8.39. The summed E-state index contributed by atoms with van der Waals surface area (Å²) in [5.41, 5.74) is 3.15. The molecule has 2 aromatic carbocycles. The molecule has 0 radical (unpaired) electrons. The molecule has 40 heavy (non-hydrogen) atoms. The second kappa shape index (κ2) is 12.3. The fraction of sp³-hybridized carbons (Fsp3) is 0.226. The fourth-order valence-electron chi connectivity index (χ4n) is 4.56. The van der Waals surface area contributed by atoms with Gasteiger partial charge in [-0.3, -0.25) is 9.36 Å². The highest BCUT2D eigenvalue weighted by molar-refractivity contribution is 7.10. The molecule has 0 N–H and O–H groups in total. The van der Waals surface area contributed by atoms with Crippen molar-refractivity contribution in [1.29, 1.82) is 5.26 Å². The van der Waals surface area contributed by atoms with Crippen LogP contribution in [0.15, 0.2) is 87.1 Å². The molecule has 0 aliphatic carbocycles. The second-order valence-electron chi connectivity index (χ2n) is 9.06. The summed E-state index contributed by atoms with van der Waals surface area (Å²) in [6.45, 7) is 4.34. The van der Waals surface area contributed by atoms with Gasteiger partial charge in [-0.1, -0.05) is 61.1 Å². The first-order valence-corrected chi connectivity index (χ1v) is 14.7. The van der Waals surface area contributed by atoms with E-state index in [1.807, 2.05) is 73.0 Å². The average Bonchev–Trinajstić information content (AvgIpc) is 3.61. The van der Waals surface area contributed by atoms with Crippen LogP contribution < -0.4 is 19.6 Å². The van der Waals surface area contributed by atoms with E-state index >= 15 is 0 Å². The minimum Gasteiger partial charge on any atom is -0.489 e. The molecule has 0 amide bonds. The van der Waals surface area contributed by atoms with E-state index in [1.54, 1.807) is 17.6 Å². The molecule has 1 aliphatic heterocycles. The Morgan fingerprint density at radius 2 is 1.93 bits per heavy atom. The summed E-state index contributed by atoms with van der Waals surface area (Å²) in [4.78, 5) is 33.1. The Bertz CT molecular complexity index is 1780. The third-order valence-electron chi connectivity index (χ3n) is 6.41. The Labute approximate surface area is 239 Å². The van der Waals surface area contributed by atoms with E-state index in [0.717, 1.165) is 22.4 Å². The molecule has 5 rings (SSSR count). The lowest BCUT2D eigenvalue weighted by molar-refractivity contribution is -0.139. The first-order chi connectivity index (χ1) is 19.5. The second-order valence-corrected chi connectivity index (χ2v) is 11.0. The summed E-state index contributed by atoms with van der Waals surface area (Å²) < 4.78 is 13.4. The lowest BCUT2D eigenvalue weighted by atomic mass is 9.99. The fourth-order valence-corrected chi connectivity index (χ4v) is 6.41. The molecule has 0 saturated carbocycles. The minimum atomic E-state index is -0.578. The van der Waals surface area contributed by atoms with Gasteiger partial charge in [0.1, 0.15) is 18.4 Å². The Morgan fingerprint density at radius 3 is 2.62 bits per heavy atom. The molecule has 3 heterocycles. The molecule has 1 atom stereocenters. The van der Waals surface area contributed by atoms with Crippen LogP contribution in [0.1, 0.15) is 54.3 Å². The lowest BCUT2D eigenvalue weighted by Crippen LogP contribution is -2.39. The van der Waals surface area contributed by atoms with Crippen LogP contribution in [0.4, 0.5) is 0 Å². The Morgan fingerprint density at radius 1 is 1.12 bits per heavy atom. The third-order valence-corrected chi connectivity index (χ3v) is 8.32. The maximum Gasteiger partial charge on any atom is 0.338 e. The van der Waals surface area contributed by atoms with Gasteiger partial charge in [-0.15, -0.1) is 11.3 Å². The topological polar surface area (TPSA) is 93.7 Å². The number of carbonyl (C=O) groups excluding carboxylic acids is 1. The van der Waals surface area contributed by atoms with E-state index in [1.165, 1.54) is 22.7 Å². The number of aromatic nitrogens is 1. The standard InChI is InChI=1S/C31H27N3O4S2/c1-3-8-24-27(30(36)37-4-2)28(25-11-7-16-39-25)34-29(35)26(40-31(34)33-24)17-20-12-14-23(15-13-20)38-19-22-10-6-5-9-21(22)18-32/h5-7,9-17,28H,3-4,8,19H2,1-2H3/b26-17+/t28-/m1/s1. The molecule has 0 saturated heterocycles. The van der Waals surface area contributed by atoms with Crippen LogP contribution in [-0.2, 0) is 16.1 Å². The van der Waals surface area contributed by atoms with Gasteiger partial charge in [-0.2, -0.15) is 5.26 Å². The highest BCUT2D eigenvalue weighted by Crippen LogP contribution is 2.34. The quantitative estimate of drug-likeness (QED) is 0.262. The minimum absolute atomic E-state index is 0.201. The van der Waals surface area contributed by atoms with Crippen LogP contribution in [-0.4, -0.2) is 17.1 Å². The van der Waals surface area contributed by atoms with Crippen molar-refractivity contribution in [3.63, 3.8) is 0 Å². The zero-order chi connectivity index (χ0) is 28.1. The van der Waals surface area contributed by atoms with Gasteiger partial charge in [0, 0.05) is 10.4 Å². The number of esters is 1. The van der Waals surface area contributed by atoms with Crippen LogP contribution in [0.5, 0.6) is 5.75 Å². The number of allylic oxidation sites excluding steroid dienone is 1.